The second-order valence-corrected chi connectivity index (χ2v) is 9.35. The van der Waals surface area contributed by atoms with Crippen molar-refractivity contribution in [2.75, 3.05) is 24.7 Å². The van der Waals surface area contributed by atoms with E-state index in [4.69, 9.17) is 7.10 Å². The average Bonchev–Trinajstić information content (AvgIpc) is 2.83. The molecule has 0 spiro atoms. The van der Waals surface area contributed by atoms with E-state index in [1.165, 1.54) is 24.1 Å². The van der Waals surface area contributed by atoms with Crippen LogP contribution in [0.5, 0.6) is 5.75 Å². The number of anilines is 3. The lowest BCUT2D eigenvalue weighted by Gasteiger charge is -2.18. The molecule has 0 unspecified atom stereocenters. The standard InChI is InChI=1S/C23H23N9O4S/c1-12-9-14-5-7-16(29-25-3)20(24)19(14)22(33)21(12)31-30-17-10-15(6-8-18(17)37(34,35)36)32(4)23-27-11-26-13(2)28-23/h5-11,33H,24H2,1-4H3,(H,34,35,36)/i11T. The molecule has 0 radical (unpaired) electrons. The van der Waals surface area contributed by atoms with Crippen LogP contribution in [0, 0.1) is 13.8 Å². The third-order valence-corrected chi connectivity index (χ3v) is 6.36. The van der Waals surface area contributed by atoms with Gasteiger partial charge in [0.15, 0.2) is 5.75 Å². The molecular formula is C23H23N9O4S. The summed E-state index contributed by atoms with van der Waals surface area (Å²) in [5.41, 5.74) is 7.50. The molecule has 0 atom stereocenters. The maximum atomic E-state index is 12.1. The van der Waals surface area contributed by atoms with E-state index in [2.05, 4.69) is 35.4 Å². The smallest absolute Gasteiger partial charge is 0.296 e. The molecule has 0 fully saturated rings. The molecule has 1 heterocycles. The van der Waals surface area contributed by atoms with Gasteiger partial charge in [0.25, 0.3) is 10.1 Å². The molecule has 14 heteroatoms. The fraction of sp³-hybridized carbons (Fsp3) is 0.174. The molecule has 1 aromatic heterocycles. The van der Waals surface area contributed by atoms with Gasteiger partial charge >= 0.3 is 0 Å². The van der Waals surface area contributed by atoms with Gasteiger partial charge in [0.1, 0.15) is 35.5 Å². The molecule has 37 heavy (non-hydrogen) atoms. The number of phenols is 1. The number of aromatic nitrogens is 3. The van der Waals surface area contributed by atoms with Gasteiger partial charge in [-0.05, 0) is 55.1 Å². The van der Waals surface area contributed by atoms with Crippen LogP contribution in [0.4, 0.5) is 34.4 Å². The Morgan fingerprint density at radius 1 is 1.05 bits per heavy atom. The highest BCUT2D eigenvalue weighted by Gasteiger charge is 2.20. The first-order valence-corrected chi connectivity index (χ1v) is 12.2. The van der Waals surface area contributed by atoms with Crippen molar-refractivity contribution in [3.05, 3.63) is 54.1 Å². The first-order valence-electron chi connectivity index (χ1n) is 11.2. The highest BCUT2D eigenvalue weighted by molar-refractivity contribution is 7.86. The monoisotopic (exact) mass is 523 g/mol. The zero-order valence-corrected chi connectivity index (χ0v) is 21.1. The van der Waals surface area contributed by atoms with E-state index >= 15 is 0 Å². The van der Waals surface area contributed by atoms with E-state index in [9.17, 15) is 18.1 Å². The van der Waals surface area contributed by atoms with Gasteiger partial charge in [-0.15, -0.1) is 10.2 Å². The molecule has 4 aromatic rings. The molecular weight excluding hydrogens is 498 g/mol. The van der Waals surface area contributed by atoms with Gasteiger partial charge in [0, 0.05) is 19.8 Å². The molecule has 0 aliphatic rings. The van der Waals surface area contributed by atoms with Crippen LogP contribution in [0.1, 0.15) is 12.8 Å². The van der Waals surface area contributed by atoms with Crippen molar-refractivity contribution < 1.29 is 19.4 Å². The highest BCUT2D eigenvalue weighted by Crippen LogP contribution is 2.44. The third-order valence-electron chi connectivity index (χ3n) is 5.46. The van der Waals surface area contributed by atoms with Crippen molar-refractivity contribution in [3.8, 4) is 5.75 Å². The van der Waals surface area contributed by atoms with E-state index in [1.807, 2.05) is 0 Å². The number of nitrogens with two attached hydrogens (primary N) is 1. The summed E-state index contributed by atoms with van der Waals surface area (Å²) in [5.74, 6) is 0.189. The van der Waals surface area contributed by atoms with Crippen molar-refractivity contribution >= 4 is 55.3 Å². The summed E-state index contributed by atoms with van der Waals surface area (Å²) in [6.45, 7) is 3.30. The average molecular weight is 524 g/mol. The second kappa shape index (κ2) is 9.83. The Kier molecular flexibility index (Phi) is 6.42. The van der Waals surface area contributed by atoms with Gasteiger partial charge in [-0.1, -0.05) is 6.07 Å². The van der Waals surface area contributed by atoms with Crippen molar-refractivity contribution in [2.45, 2.75) is 18.7 Å². The van der Waals surface area contributed by atoms with Gasteiger partial charge in [0.2, 0.25) is 5.95 Å². The van der Waals surface area contributed by atoms with Crippen molar-refractivity contribution in [3.63, 3.8) is 0 Å². The van der Waals surface area contributed by atoms with Gasteiger partial charge < -0.3 is 15.7 Å². The number of aromatic hydroxyl groups is 1. The minimum atomic E-state index is -4.68. The van der Waals surface area contributed by atoms with Crippen LogP contribution >= 0.6 is 0 Å². The molecule has 0 aliphatic carbocycles. The lowest BCUT2D eigenvalue weighted by Crippen LogP contribution is -2.14. The van der Waals surface area contributed by atoms with Crippen molar-refractivity contribution in [1.29, 1.82) is 0 Å². The molecule has 0 saturated carbocycles. The van der Waals surface area contributed by atoms with Crippen LogP contribution in [0.15, 0.2) is 68.1 Å². The second-order valence-electron chi connectivity index (χ2n) is 7.96. The normalized spacial score (nSPS) is 12.5. The molecule has 3 aromatic carbocycles. The van der Waals surface area contributed by atoms with E-state index < -0.39 is 15.0 Å². The molecule has 0 saturated heterocycles. The number of aryl methyl sites for hydroxylation is 2. The Bertz CT molecular complexity index is 1720. The summed E-state index contributed by atoms with van der Waals surface area (Å²) >= 11 is 0. The zero-order valence-electron chi connectivity index (χ0n) is 21.2. The first kappa shape index (κ1) is 24.1. The van der Waals surface area contributed by atoms with Gasteiger partial charge in [-0.25, -0.2) is 9.97 Å². The third kappa shape index (κ3) is 5.05. The van der Waals surface area contributed by atoms with E-state index in [0.717, 1.165) is 6.07 Å². The number of rotatable bonds is 6. The lowest BCUT2D eigenvalue weighted by atomic mass is 10.0. The number of hydrogen-bond acceptors (Lipinski definition) is 12. The predicted octanol–water partition coefficient (Wildman–Crippen LogP) is 5.07. The molecule has 0 bridgehead atoms. The number of phenolic OH excluding ortho intramolecular Hbond substituents is 1. The summed E-state index contributed by atoms with van der Waals surface area (Å²) in [6, 6.07) is 9.04. The van der Waals surface area contributed by atoms with Crippen LogP contribution < -0.4 is 10.6 Å². The van der Waals surface area contributed by atoms with Crippen LogP contribution in [0.25, 0.3) is 10.8 Å². The molecule has 4 rings (SSSR count). The van der Waals surface area contributed by atoms with E-state index in [-0.39, 0.29) is 40.4 Å². The van der Waals surface area contributed by atoms with Crippen LogP contribution in [0.3, 0.4) is 0 Å². The Balaban J connectivity index is 1.86. The summed E-state index contributed by atoms with van der Waals surface area (Å²) in [7, 11) is -1.59. The minimum Gasteiger partial charge on any atom is -0.505 e. The highest BCUT2D eigenvalue weighted by atomic mass is 32.2. The predicted molar refractivity (Wildman–Crippen MR) is 138 cm³/mol. The van der Waals surface area contributed by atoms with Crippen molar-refractivity contribution in [2.24, 2.45) is 20.5 Å². The number of nitrogen functional groups attached to an aromatic ring is 1. The Labute approximate surface area is 213 Å². The topological polar surface area (TPSA) is 192 Å². The number of azo groups is 2. The number of hydrogen-bond donors (Lipinski definition) is 3. The number of fused-ring (bicyclic) bond motifs is 1. The number of nitrogens with zero attached hydrogens (tertiary/aromatic N) is 8. The summed E-state index contributed by atoms with van der Waals surface area (Å²) in [4.78, 5) is 13.0. The number of benzene rings is 3. The fourth-order valence-electron chi connectivity index (χ4n) is 3.65. The molecule has 190 valence electrons. The zero-order chi connectivity index (χ0) is 27.8. The molecule has 13 nitrogen and oxygen atoms in total. The summed E-state index contributed by atoms with van der Waals surface area (Å²) in [6.07, 6.45) is -0.237. The van der Waals surface area contributed by atoms with Crippen LogP contribution in [-0.4, -0.2) is 47.1 Å². The lowest BCUT2D eigenvalue weighted by molar-refractivity contribution is 0.482. The Morgan fingerprint density at radius 2 is 1.81 bits per heavy atom. The maximum absolute atomic E-state index is 12.1. The first-order chi connectivity index (χ1) is 17.9. The van der Waals surface area contributed by atoms with E-state index in [0.29, 0.717) is 28.1 Å². The van der Waals surface area contributed by atoms with Crippen LogP contribution in [-0.2, 0) is 10.1 Å². The minimum absolute atomic E-state index is 0.0433. The van der Waals surface area contributed by atoms with Gasteiger partial charge in [-0.2, -0.15) is 23.6 Å². The Hall–Kier alpha value is -4.56. The summed E-state index contributed by atoms with van der Waals surface area (Å²) in [5, 5.41) is 27.8. The van der Waals surface area contributed by atoms with E-state index in [1.54, 1.807) is 39.1 Å². The quantitative estimate of drug-likeness (QED) is 0.176. The molecule has 0 aliphatic heterocycles. The SMILES string of the molecule is [3H]c1nc(C)nc(N(C)c2ccc(S(=O)(=O)O)c(N=Nc3c(C)cc4ccc(N=NC)c(N)c4c3O)c2)n1. The molecule has 4 N–H and O–H groups in total. The maximum Gasteiger partial charge on any atom is 0.296 e. The van der Waals surface area contributed by atoms with Crippen molar-refractivity contribution in [1.82, 2.24) is 15.0 Å². The Morgan fingerprint density at radius 3 is 2.49 bits per heavy atom. The van der Waals surface area contributed by atoms with Gasteiger partial charge in [-0.3, -0.25) is 4.55 Å². The van der Waals surface area contributed by atoms with Crippen LogP contribution in [0.2, 0.25) is 0 Å². The summed E-state index contributed by atoms with van der Waals surface area (Å²) < 4.78 is 41.6. The fourth-order valence-corrected chi connectivity index (χ4v) is 4.26. The van der Waals surface area contributed by atoms with Gasteiger partial charge in [0.05, 0.1) is 11.1 Å². The molecule has 0 amide bonds. The largest absolute Gasteiger partial charge is 0.505 e.